The van der Waals surface area contributed by atoms with Crippen molar-refractivity contribution < 1.29 is 31.1 Å². The van der Waals surface area contributed by atoms with Gasteiger partial charge in [-0.1, -0.05) is 23.2 Å². The third-order valence-electron chi connectivity index (χ3n) is 3.74. The number of anilines is 1. The van der Waals surface area contributed by atoms with Gasteiger partial charge in [-0.3, -0.25) is 4.79 Å². The van der Waals surface area contributed by atoms with E-state index in [1.807, 2.05) is 0 Å². The van der Waals surface area contributed by atoms with Gasteiger partial charge in [-0.15, -0.1) is 0 Å². The van der Waals surface area contributed by atoms with Gasteiger partial charge >= 0.3 is 6.18 Å². The first-order valence-electron chi connectivity index (χ1n) is 7.82. The second kappa shape index (κ2) is 8.78. The molecule has 0 aromatic heterocycles. The van der Waals surface area contributed by atoms with E-state index in [4.69, 9.17) is 27.9 Å². The summed E-state index contributed by atoms with van der Waals surface area (Å²) in [6.45, 7) is -0.752. The molecule has 0 fully saturated rings. The van der Waals surface area contributed by atoms with E-state index in [1.54, 1.807) is 0 Å². The standard InChI is InChI=1S/C17H15Cl2F3N2O4S/c1-24(29(26,27)15-8-11(19)4-6-14(15)28-2)9-16(25)23-13-5-3-10(18)7-12(13)17(20,21)22/h3-8H,9H2,1-2H3,(H,23,25). The van der Waals surface area contributed by atoms with Gasteiger partial charge in [-0.25, -0.2) is 8.42 Å². The fraction of sp³-hybridized carbons (Fsp3) is 0.235. The maximum absolute atomic E-state index is 13.1. The molecule has 1 amide bonds. The highest BCUT2D eigenvalue weighted by Gasteiger charge is 2.34. The van der Waals surface area contributed by atoms with Crippen molar-refractivity contribution in [3.05, 3.63) is 52.0 Å². The predicted molar refractivity (Wildman–Crippen MR) is 103 cm³/mol. The van der Waals surface area contributed by atoms with E-state index >= 15 is 0 Å². The molecule has 0 bridgehead atoms. The molecule has 158 valence electrons. The van der Waals surface area contributed by atoms with Crippen LogP contribution in [0.5, 0.6) is 5.75 Å². The number of amides is 1. The number of hydrogen-bond donors (Lipinski definition) is 1. The molecule has 0 unspecified atom stereocenters. The Morgan fingerprint density at radius 1 is 1.14 bits per heavy atom. The molecule has 12 heteroatoms. The number of rotatable bonds is 6. The molecule has 0 aliphatic heterocycles. The van der Waals surface area contributed by atoms with Gasteiger partial charge in [0.2, 0.25) is 15.9 Å². The molecule has 0 saturated heterocycles. The van der Waals surface area contributed by atoms with Gasteiger partial charge < -0.3 is 10.1 Å². The zero-order chi connectivity index (χ0) is 22.0. The molecule has 0 heterocycles. The number of nitrogens with one attached hydrogen (secondary N) is 1. The lowest BCUT2D eigenvalue weighted by atomic mass is 10.1. The van der Waals surface area contributed by atoms with E-state index in [1.165, 1.54) is 25.3 Å². The number of hydrogen-bond acceptors (Lipinski definition) is 4. The van der Waals surface area contributed by atoms with E-state index in [0.29, 0.717) is 10.4 Å². The molecular weight excluding hydrogens is 456 g/mol. The van der Waals surface area contributed by atoms with Crippen LogP contribution in [0.15, 0.2) is 41.3 Å². The monoisotopic (exact) mass is 470 g/mol. The van der Waals surface area contributed by atoms with Gasteiger partial charge in [0, 0.05) is 17.1 Å². The van der Waals surface area contributed by atoms with Crippen LogP contribution < -0.4 is 10.1 Å². The fourth-order valence-electron chi connectivity index (χ4n) is 2.36. The zero-order valence-electron chi connectivity index (χ0n) is 15.0. The van der Waals surface area contributed by atoms with Crippen LogP contribution in [0.2, 0.25) is 10.0 Å². The smallest absolute Gasteiger partial charge is 0.418 e. The minimum absolute atomic E-state index is 0.00119. The first-order chi connectivity index (χ1) is 13.4. The SMILES string of the molecule is COc1ccc(Cl)cc1S(=O)(=O)N(C)CC(=O)Nc1ccc(Cl)cc1C(F)(F)F. The summed E-state index contributed by atoms with van der Waals surface area (Å²) in [5.74, 6) is -0.983. The number of sulfonamides is 1. The minimum atomic E-state index is -4.76. The van der Waals surface area contributed by atoms with Crippen LogP contribution in [0.25, 0.3) is 0 Å². The molecule has 0 atom stereocenters. The number of carbonyl (C=O) groups is 1. The summed E-state index contributed by atoms with van der Waals surface area (Å²) in [6.07, 6.45) is -4.76. The van der Waals surface area contributed by atoms with Crippen LogP contribution >= 0.6 is 23.2 Å². The first kappa shape index (κ1) is 23.3. The van der Waals surface area contributed by atoms with Crippen molar-refractivity contribution in [3.8, 4) is 5.75 Å². The average molecular weight is 471 g/mol. The average Bonchev–Trinajstić information content (AvgIpc) is 2.62. The lowest BCUT2D eigenvalue weighted by Crippen LogP contribution is -2.35. The second-order valence-corrected chi connectivity index (χ2v) is 8.68. The number of halogens is 5. The van der Waals surface area contributed by atoms with Crippen LogP contribution in [0, 0.1) is 0 Å². The largest absolute Gasteiger partial charge is 0.495 e. The highest BCUT2D eigenvalue weighted by atomic mass is 35.5. The van der Waals surface area contributed by atoms with Gasteiger partial charge in [-0.05, 0) is 36.4 Å². The Hall–Kier alpha value is -2.01. The summed E-state index contributed by atoms with van der Waals surface area (Å²) in [4.78, 5) is 11.9. The Bertz CT molecular complexity index is 1030. The van der Waals surface area contributed by atoms with E-state index in [9.17, 15) is 26.4 Å². The minimum Gasteiger partial charge on any atom is -0.495 e. The van der Waals surface area contributed by atoms with Crippen LogP contribution in [-0.4, -0.2) is 39.3 Å². The van der Waals surface area contributed by atoms with Gasteiger partial charge in [-0.2, -0.15) is 17.5 Å². The maximum atomic E-state index is 13.1. The number of carbonyl (C=O) groups excluding carboxylic acids is 1. The highest BCUT2D eigenvalue weighted by molar-refractivity contribution is 7.89. The number of benzene rings is 2. The van der Waals surface area contributed by atoms with Gasteiger partial charge in [0.25, 0.3) is 0 Å². The topological polar surface area (TPSA) is 75.7 Å². The van der Waals surface area contributed by atoms with Gasteiger partial charge in [0.1, 0.15) is 10.6 Å². The molecule has 1 N–H and O–H groups in total. The number of ether oxygens (including phenoxy) is 1. The number of methoxy groups -OCH3 is 1. The van der Waals surface area contributed by atoms with Crippen molar-refractivity contribution in [1.82, 2.24) is 4.31 Å². The predicted octanol–water partition coefficient (Wildman–Crippen LogP) is 4.28. The van der Waals surface area contributed by atoms with Crippen LogP contribution in [0.4, 0.5) is 18.9 Å². The third-order valence-corrected chi connectivity index (χ3v) is 6.04. The molecule has 0 spiro atoms. The Kier molecular flexibility index (Phi) is 7.05. The quantitative estimate of drug-likeness (QED) is 0.683. The summed E-state index contributed by atoms with van der Waals surface area (Å²) in [5.41, 5.74) is -1.70. The highest BCUT2D eigenvalue weighted by Crippen LogP contribution is 2.36. The van der Waals surface area contributed by atoms with Crippen LogP contribution in [-0.2, 0) is 21.0 Å². The molecule has 0 radical (unpaired) electrons. The van der Waals surface area contributed by atoms with Crippen molar-refractivity contribution in [3.63, 3.8) is 0 Å². The van der Waals surface area contributed by atoms with Gasteiger partial charge in [0.05, 0.1) is 24.9 Å². The Labute approximate surface area is 175 Å². The lowest BCUT2D eigenvalue weighted by Gasteiger charge is -2.19. The first-order valence-corrected chi connectivity index (χ1v) is 10.0. The van der Waals surface area contributed by atoms with Crippen molar-refractivity contribution in [2.75, 3.05) is 26.0 Å². The second-order valence-electron chi connectivity index (χ2n) is 5.79. The molecule has 0 aliphatic rings. The molecule has 2 aromatic rings. The van der Waals surface area contributed by atoms with E-state index in [2.05, 4.69) is 5.32 Å². The number of likely N-dealkylation sites (N-methyl/N-ethyl adjacent to an activating group) is 1. The van der Waals surface area contributed by atoms with Gasteiger partial charge in [0.15, 0.2) is 0 Å². The molecular formula is C17H15Cl2F3N2O4S. The molecule has 6 nitrogen and oxygen atoms in total. The van der Waals surface area contributed by atoms with Crippen molar-refractivity contribution in [1.29, 1.82) is 0 Å². The summed E-state index contributed by atoms with van der Waals surface area (Å²) >= 11 is 11.4. The Morgan fingerprint density at radius 2 is 1.72 bits per heavy atom. The van der Waals surface area contributed by atoms with Crippen LogP contribution in [0.1, 0.15) is 5.56 Å². The zero-order valence-corrected chi connectivity index (χ0v) is 17.4. The molecule has 29 heavy (non-hydrogen) atoms. The van der Waals surface area contributed by atoms with Crippen molar-refractivity contribution >= 4 is 44.8 Å². The summed E-state index contributed by atoms with van der Waals surface area (Å²) < 4.78 is 70.5. The Balaban J connectivity index is 2.25. The third kappa shape index (κ3) is 5.53. The maximum Gasteiger partial charge on any atom is 0.418 e. The normalized spacial score (nSPS) is 12.1. The molecule has 2 rings (SSSR count). The lowest BCUT2D eigenvalue weighted by molar-refractivity contribution is -0.137. The molecule has 2 aromatic carbocycles. The number of alkyl halides is 3. The fourth-order valence-corrected chi connectivity index (χ4v) is 4.07. The summed E-state index contributed by atoms with van der Waals surface area (Å²) in [6, 6.07) is 6.72. The van der Waals surface area contributed by atoms with E-state index < -0.39 is 39.9 Å². The Morgan fingerprint density at radius 3 is 2.31 bits per heavy atom. The summed E-state index contributed by atoms with van der Waals surface area (Å²) in [7, 11) is -1.86. The summed E-state index contributed by atoms with van der Waals surface area (Å²) in [5, 5.41) is 2.02. The van der Waals surface area contributed by atoms with E-state index in [0.717, 1.165) is 19.2 Å². The number of nitrogens with zero attached hydrogens (tertiary/aromatic N) is 1. The van der Waals surface area contributed by atoms with Crippen molar-refractivity contribution in [2.24, 2.45) is 0 Å². The van der Waals surface area contributed by atoms with Crippen LogP contribution in [0.3, 0.4) is 0 Å². The van der Waals surface area contributed by atoms with E-state index in [-0.39, 0.29) is 20.7 Å². The van der Waals surface area contributed by atoms with Crippen molar-refractivity contribution in [2.45, 2.75) is 11.1 Å². The molecule has 0 saturated carbocycles. The molecule has 0 aliphatic carbocycles.